The Labute approximate surface area is 120 Å². The Balaban J connectivity index is 2.42. The molecule has 0 aromatic heterocycles. The molecule has 1 aromatic rings. The summed E-state index contributed by atoms with van der Waals surface area (Å²) < 4.78 is 14.4. The number of hydrogen-bond acceptors (Lipinski definition) is 3. The summed E-state index contributed by atoms with van der Waals surface area (Å²) in [4.78, 5) is 2.07. The molecule has 2 N–H and O–H groups in total. The maximum atomic E-state index is 14.4. The second-order valence-electron chi connectivity index (χ2n) is 5.57. The van der Waals surface area contributed by atoms with Crippen molar-refractivity contribution in [2.24, 2.45) is 0 Å². The van der Waals surface area contributed by atoms with E-state index in [0.29, 0.717) is 5.69 Å². The molecule has 0 saturated carbocycles. The van der Waals surface area contributed by atoms with E-state index in [2.05, 4.69) is 10.2 Å². The van der Waals surface area contributed by atoms with Crippen LogP contribution in [0.5, 0.6) is 0 Å². The maximum absolute atomic E-state index is 14.4. The molecule has 112 valence electrons. The molecule has 20 heavy (non-hydrogen) atoms. The van der Waals surface area contributed by atoms with Crippen molar-refractivity contribution in [3.05, 3.63) is 29.6 Å². The molecule has 2 unspecified atom stereocenters. The molecule has 1 aliphatic heterocycles. The molecule has 2 rings (SSSR count). The third kappa shape index (κ3) is 3.13. The Morgan fingerprint density at radius 2 is 2.20 bits per heavy atom. The monoisotopic (exact) mass is 280 g/mol. The van der Waals surface area contributed by atoms with Gasteiger partial charge < -0.3 is 15.3 Å². The minimum atomic E-state index is -0.190. The summed E-state index contributed by atoms with van der Waals surface area (Å²) in [6, 6.07) is 5.35. The number of halogens is 1. The van der Waals surface area contributed by atoms with Crippen LogP contribution in [0, 0.1) is 5.82 Å². The molecular formula is C16H25FN2O. The molecule has 3 nitrogen and oxygen atoms in total. The van der Waals surface area contributed by atoms with Crippen LogP contribution in [0.4, 0.5) is 10.1 Å². The van der Waals surface area contributed by atoms with Gasteiger partial charge in [0.1, 0.15) is 5.82 Å². The summed E-state index contributed by atoms with van der Waals surface area (Å²) in [5.74, 6) is -0.190. The Morgan fingerprint density at radius 3 is 2.90 bits per heavy atom. The maximum Gasteiger partial charge on any atom is 0.146 e. The van der Waals surface area contributed by atoms with Crippen LogP contribution < -0.4 is 10.2 Å². The van der Waals surface area contributed by atoms with Crippen LogP contribution in [0.2, 0.25) is 0 Å². The molecule has 1 heterocycles. The van der Waals surface area contributed by atoms with Gasteiger partial charge in [0.2, 0.25) is 0 Å². The van der Waals surface area contributed by atoms with Crippen molar-refractivity contribution in [1.82, 2.24) is 5.32 Å². The lowest BCUT2D eigenvalue weighted by Gasteiger charge is -2.34. The van der Waals surface area contributed by atoms with Crippen molar-refractivity contribution in [2.45, 2.75) is 44.7 Å². The molecule has 0 aliphatic carbocycles. The predicted octanol–water partition coefficient (Wildman–Crippen LogP) is 2.85. The number of benzene rings is 1. The van der Waals surface area contributed by atoms with E-state index < -0.39 is 0 Å². The lowest BCUT2D eigenvalue weighted by atomic mass is 10.0. The molecule has 0 spiro atoms. The van der Waals surface area contributed by atoms with E-state index in [1.54, 1.807) is 6.07 Å². The van der Waals surface area contributed by atoms with Crippen LogP contribution in [0.3, 0.4) is 0 Å². The first kappa shape index (κ1) is 15.3. The quantitative estimate of drug-likeness (QED) is 0.890. The highest BCUT2D eigenvalue weighted by Gasteiger charge is 2.26. The van der Waals surface area contributed by atoms with E-state index in [1.807, 2.05) is 20.0 Å². The summed E-state index contributed by atoms with van der Waals surface area (Å²) in [5.41, 5.74) is 1.63. The average molecular weight is 280 g/mol. The van der Waals surface area contributed by atoms with Gasteiger partial charge in [-0.1, -0.05) is 25.0 Å². The summed E-state index contributed by atoms with van der Waals surface area (Å²) in [6.45, 7) is 2.93. The van der Waals surface area contributed by atoms with Gasteiger partial charge in [0.05, 0.1) is 18.3 Å². The minimum Gasteiger partial charge on any atom is -0.394 e. The van der Waals surface area contributed by atoms with Crippen LogP contribution >= 0.6 is 0 Å². The van der Waals surface area contributed by atoms with Crippen LogP contribution in [0.15, 0.2) is 18.2 Å². The molecule has 0 radical (unpaired) electrons. The lowest BCUT2D eigenvalue weighted by molar-refractivity contribution is 0.254. The van der Waals surface area contributed by atoms with Crippen molar-refractivity contribution < 1.29 is 9.50 Å². The number of rotatable bonds is 4. The topological polar surface area (TPSA) is 35.5 Å². The number of nitrogens with one attached hydrogen (secondary N) is 1. The first-order valence-electron chi connectivity index (χ1n) is 7.52. The van der Waals surface area contributed by atoms with Crippen molar-refractivity contribution >= 4 is 5.69 Å². The molecular weight excluding hydrogens is 255 g/mol. The van der Waals surface area contributed by atoms with Crippen LogP contribution in [0.1, 0.15) is 44.2 Å². The van der Waals surface area contributed by atoms with Gasteiger partial charge in [-0.2, -0.15) is 0 Å². The largest absolute Gasteiger partial charge is 0.394 e. The number of aliphatic hydroxyl groups excluding tert-OH is 1. The van der Waals surface area contributed by atoms with Gasteiger partial charge in [0.15, 0.2) is 0 Å². The van der Waals surface area contributed by atoms with Gasteiger partial charge in [0.25, 0.3) is 0 Å². The van der Waals surface area contributed by atoms with E-state index >= 15 is 0 Å². The van der Waals surface area contributed by atoms with Gasteiger partial charge in [-0.05, 0) is 38.4 Å². The molecule has 4 heteroatoms. The summed E-state index contributed by atoms with van der Waals surface area (Å²) in [6.07, 6.45) is 4.24. The standard InChI is InChI=1S/C16H25FN2O/c1-12(18-2)14-8-6-9-15(17)16(14)19-10-5-3-4-7-13(19)11-20/h6,8-9,12-13,18,20H,3-5,7,10-11H2,1-2H3. The Kier molecular flexibility index (Phi) is 5.38. The zero-order chi connectivity index (χ0) is 14.5. The number of nitrogens with zero attached hydrogens (tertiary/aromatic N) is 1. The number of para-hydroxylation sites is 1. The first-order valence-corrected chi connectivity index (χ1v) is 7.52. The van der Waals surface area contributed by atoms with Gasteiger partial charge in [-0.15, -0.1) is 0 Å². The molecule has 2 atom stereocenters. The SMILES string of the molecule is CNC(C)c1cccc(F)c1N1CCCCCC1CO. The molecule has 1 fully saturated rings. The number of anilines is 1. The predicted molar refractivity (Wildman–Crippen MR) is 80.6 cm³/mol. The minimum absolute atomic E-state index is 0.0252. The van der Waals surface area contributed by atoms with Crippen LogP contribution in [0.25, 0.3) is 0 Å². The van der Waals surface area contributed by atoms with E-state index in [-0.39, 0.29) is 24.5 Å². The third-order valence-corrected chi connectivity index (χ3v) is 4.29. The highest BCUT2D eigenvalue weighted by Crippen LogP contribution is 2.33. The van der Waals surface area contributed by atoms with E-state index in [4.69, 9.17) is 0 Å². The fourth-order valence-electron chi connectivity index (χ4n) is 3.00. The number of aliphatic hydroxyl groups is 1. The fraction of sp³-hybridized carbons (Fsp3) is 0.625. The smallest absolute Gasteiger partial charge is 0.146 e. The fourth-order valence-corrected chi connectivity index (χ4v) is 3.00. The van der Waals surface area contributed by atoms with Crippen LogP contribution in [-0.4, -0.2) is 31.3 Å². The van der Waals surface area contributed by atoms with Crippen molar-refractivity contribution in [3.8, 4) is 0 Å². The Morgan fingerprint density at radius 1 is 1.40 bits per heavy atom. The van der Waals surface area contributed by atoms with Gasteiger partial charge in [-0.3, -0.25) is 0 Å². The molecule has 0 amide bonds. The van der Waals surface area contributed by atoms with Gasteiger partial charge in [-0.25, -0.2) is 4.39 Å². The summed E-state index contributed by atoms with van der Waals surface area (Å²) >= 11 is 0. The van der Waals surface area contributed by atoms with E-state index in [9.17, 15) is 9.50 Å². The summed E-state index contributed by atoms with van der Waals surface area (Å²) in [7, 11) is 1.88. The van der Waals surface area contributed by atoms with Crippen molar-refractivity contribution in [2.75, 3.05) is 25.1 Å². The Bertz CT molecular complexity index is 438. The van der Waals surface area contributed by atoms with Crippen molar-refractivity contribution in [3.63, 3.8) is 0 Å². The second kappa shape index (κ2) is 7.04. The normalized spacial score (nSPS) is 21.6. The average Bonchev–Trinajstić information content (AvgIpc) is 2.71. The third-order valence-electron chi connectivity index (χ3n) is 4.29. The molecule has 1 aliphatic rings. The lowest BCUT2D eigenvalue weighted by Crippen LogP contribution is -2.39. The zero-order valence-electron chi connectivity index (χ0n) is 12.4. The zero-order valence-corrected chi connectivity index (χ0v) is 12.4. The molecule has 0 bridgehead atoms. The molecule has 1 aromatic carbocycles. The molecule has 1 saturated heterocycles. The second-order valence-corrected chi connectivity index (χ2v) is 5.57. The first-order chi connectivity index (χ1) is 9.69. The summed E-state index contributed by atoms with van der Waals surface area (Å²) in [5, 5.41) is 12.8. The van der Waals surface area contributed by atoms with Gasteiger partial charge in [0, 0.05) is 12.6 Å². The van der Waals surface area contributed by atoms with Gasteiger partial charge >= 0.3 is 0 Å². The van der Waals surface area contributed by atoms with E-state index in [1.165, 1.54) is 6.07 Å². The number of hydrogen-bond donors (Lipinski definition) is 2. The highest BCUT2D eigenvalue weighted by molar-refractivity contribution is 5.57. The Hall–Kier alpha value is -1.13. The van der Waals surface area contributed by atoms with E-state index in [0.717, 1.165) is 37.8 Å². The highest BCUT2D eigenvalue weighted by atomic mass is 19.1. The van der Waals surface area contributed by atoms with Crippen LogP contribution in [-0.2, 0) is 0 Å². The van der Waals surface area contributed by atoms with Crippen molar-refractivity contribution in [1.29, 1.82) is 0 Å².